The minimum atomic E-state index is 0.840. The molecular weight excluding hydrogens is 202 g/mol. The molecule has 0 spiro atoms. The Morgan fingerprint density at radius 3 is 3.12 bits per heavy atom. The molecule has 0 radical (unpaired) electrons. The molecule has 16 heavy (non-hydrogen) atoms. The van der Waals surface area contributed by atoms with Crippen LogP contribution in [0.1, 0.15) is 25.3 Å². The molecule has 1 rings (SSSR count). The smallest absolute Gasteiger partial charge is 0.0538 e. The average Bonchev–Trinajstić information content (AvgIpc) is 2.76. The van der Waals surface area contributed by atoms with Gasteiger partial charge in [0, 0.05) is 37.7 Å². The van der Waals surface area contributed by atoms with Crippen LogP contribution < -0.4 is 5.32 Å². The highest BCUT2D eigenvalue weighted by Crippen LogP contribution is 1.96. The van der Waals surface area contributed by atoms with Crippen molar-refractivity contribution in [2.24, 2.45) is 0 Å². The van der Waals surface area contributed by atoms with Crippen molar-refractivity contribution in [2.75, 3.05) is 19.8 Å². The van der Waals surface area contributed by atoms with Crippen LogP contribution in [-0.4, -0.2) is 29.5 Å². The molecule has 90 valence electrons. The van der Waals surface area contributed by atoms with Gasteiger partial charge in [0.05, 0.1) is 6.20 Å². The Kier molecular flexibility index (Phi) is 6.53. The molecule has 4 heteroatoms. The molecule has 0 amide bonds. The predicted molar refractivity (Wildman–Crippen MR) is 66.0 cm³/mol. The molecule has 4 nitrogen and oxygen atoms in total. The van der Waals surface area contributed by atoms with Crippen LogP contribution in [0.15, 0.2) is 19.0 Å². The second kappa shape index (κ2) is 8.07. The van der Waals surface area contributed by atoms with Crippen LogP contribution in [0.5, 0.6) is 0 Å². The van der Waals surface area contributed by atoms with Crippen LogP contribution in [0.4, 0.5) is 0 Å². The van der Waals surface area contributed by atoms with E-state index in [1.54, 1.807) is 10.9 Å². The van der Waals surface area contributed by atoms with Crippen LogP contribution in [0, 0.1) is 0 Å². The van der Waals surface area contributed by atoms with E-state index in [-0.39, 0.29) is 0 Å². The molecule has 0 aliphatic heterocycles. The Balaban J connectivity index is 2.00. The minimum Gasteiger partial charge on any atom is -0.381 e. The van der Waals surface area contributed by atoms with Crippen LogP contribution in [0.25, 0.3) is 6.20 Å². The Hall–Kier alpha value is -1.13. The van der Waals surface area contributed by atoms with Crippen molar-refractivity contribution >= 4 is 6.20 Å². The lowest BCUT2D eigenvalue weighted by Crippen LogP contribution is -2.16. The van der Waals surface area contributed by atoms with E-state index in [4.69, 9.17) is 4.74 Å². The summed E-state index contributed by atoms with van der Waals surface area (Å²) >= 11 is 0. The summed E-state index contributed by atoms with van der Waals surface area (Å²) in [6, 6.07) is 0. The van der Waals surface area contributed by atoms with E-state index >= 15 is 0 Å². The third kappa shape index (κ3) is 5.09. The molecule has 0 atom stereocenters. The van der Waals surface area contributed by atoms with E-state index in [2.05, 4.69) is 23.9 Å². The molecule has 0 aliphatic carbocycles. The van der Waals surface area contributed by atoms with Crippen LogP contribution in [0.3, 0.4) is 0 Å². The first-order valence-electron chi connectivity index (χ1n) is 5.81. The fraction of sp³-hybridized carbons (Fsp3) is 0.583. The highest BCUT2D eigenvalue weighted by atomic mass is 16.5. The zero-order chi connectivity index (χ0) is 11.6. The van der Waals surface area contributed by atoms with Crippen molar-refractivity contribution in [3.63, 3.8) is 0 Å². The zero-order valence-corrected chi connectivity index (χ0v) is 9.98. The van der Waals surface area contributed by atoms with E-state index in [0.29, 0.717) is 0 Å². The van der Waals surface area contributed by atoms with E-state index in [1.165, 1.54) is 5.56 Å². The van der Waals surface area contributed by atoms with Gasteiger partial charge < -0.3 is 10.1 Å². The predicted octanol–water partition coefficient (Wildman–Crippen LogP) is 1.89. The molecule has 0 aliphatic rings. The number of hydrogen-bond donors (Lipinski definition) is 1. The van der Waals surface area contributed by atoms with Gasteiger partial charge in [-0.25, -0.2) is 4.68 Å². The van der Waals surface area contributed by atoms with Crippen molar-refractivity contribution in [1.82, 2.24) is 15.1 Å². The molecule has 0 saturated carbocycles. The van der Waals surface area contributed by atoms with Gasteiger partial charge in [0.2, 0.25) is 0 Å². The van der Waals surface area contributed by atoms with Gasteiger partial charge in [-0.05, 0) is 19.4 Å². The van der Waals surface area contributed by atoms with Gasteiger partial charge in [-0.1, -0.05) is 13.5 Å². The third-order valence-corrected chi connectivity index (χ3v) is 2.16. The molecule has 0 saturated heterocycles. The number of ether oxygens (including phenoxy) is 1. The summed E-state index contributed by atoms with van der Waals surface area (Å²) in [5, 5.41) is 7.46. The van der Waals surface area contributed by atoms with Gasteiger partial charge in [-0.2, -0.15) is 5.10 Å². The lowest BCUT2D eigenvalue weighted by Gasteiger charge is -2.03. The second-order valence-corrected chi connectivity index (χ2v) is 3.65. The molecule has 0 fully saturated rings. The molecule has 1 heterocycles. The summed E-state index contributed by atoms with van der Waals surface area (Å²) in [6.45, 7) is 9.30. The maximum absolute atomic E-state index is 5.39. The Morgan fingerprint density at radius 2 is 2.44 bits per heavy atom. The largest absolute Gasteiger partial charge is 0.381 e. The highest BCUT2D eigenvalue weighted by Gasteiger charge is 1.95. The summed E-state index contributed by atoms with van der Waals surface area (Å²) in [4.78, 5) is 0. The molecule has 1 N–H and O–H groups in total. The van der Waals surface area contributed by atoms with Gasteiger partial charge in [0.15, 0.2) is 0 Å². The molecule has 0 unspecified atom stereocenters. The average molecular weight is 223 g/mol. The van der Waals surface area contributed by atoms with E-state index < -0.39 is 0 Å². The number of hydrogen-bond acceptors (Lipinski definition) is 3. The maximum Gasteiger partial charge on any atom is 0.0538 e. The lowest BCUT2D eigenvalue weighted by molar-refractivity contribution is 0.132. The molecule has 1 aromatic rings. The fourth-order valence-electron chi connectivity index (χ4n) is 1.35. The summed E-state index contributed by atoms with van der Waals surface area (Å²) in [5.74, 6) is 0. The second-order valence-electron chi connectivity index (χ2n) is 3.65. The van der Waals surface area contributed by atoms with Crippen molar-refractivity contribution in [3.8, 4) is 0 Å². The van der Waals surface area contributed by atoms with Crippen LogP contribution in [-0.2, 0) is 11.3 Å². The molecule has 1 aromatic heterocycles. The molecule has 0 bridgehead atoms. The highest BCUT2D eigenvalue weighted by molar-refractivity contribution is 5.17. The lowest BCUT2D eigenvalue weighted by atomic mass is 10.3. The van der Waals surface area contributed by atoms with Crippen LogP contribution >= 0.6 is 0 Å². The van der Waals surface area contributed by atoms with Gasteiger partial charge in [0.25, 0.3) is 0 Å². The first-order chi connectivity index (χ1) is 7.86. The number of rotatable bonds is 9. The third-order valence-electron chi connectivity index (χ3n) is 2.16. The standard InChI is InChI=1S/C12H21N3O/c1-3-7-16-8-5-6-13-9-12-10-14-15(4-2)11-12/h4,10-11,13H,2-3,5-9H2,1H3. The van der Waals surface area contributed by atoms with Crippen molar-refractivity contribution < 1.29 is 4.74 Å². The molecular formula is C12H21N3O. The summed E-state index contributed by atoms with van der Waals surface area (Å²) < 4.78 is 7.10. The van der Waals surface area contributed by atoms with Crippen molar-refractivity contribution in [2.45, 2.75) is 26.3 Å². The van der Waals surface area contributed by atoms with Gasteiger partial charge in [-0.3, -0.25) is 0 Å². The van der Waals surface area contributed by atoms with E-state index in [9.17, 15) is 0 Å². The van der Waals surface area contributed by atoms with Gasteiger partial charge >= 0.3 is 0 Å². The first kappa shape index (κ1) is 12.9. The van der Waals surface area contributed by atoms with Gasteiger partial charge in [0.1, 0.15) is 0 Å². The Bertz CT molecular complexity index is 296. The number of nitrogens with one attached hydrogen (secondary N) is 1. The normalized spacial score (nSPS) is 10.6. The van der Waals surface area contributed by atoms with Crippen LogP contribution in [0.2, 0.25) is 0 Å². The van der Waals surface area contributed by atoms with Crippen molar-refractivity contribution in [1.29, 1.82) is 0 Å². The first-order valence-corrected chi connectivity index (χ1v) is 5.81. The zero-order valence-electron chi connectivity index (χ0n) is 9.98. The van der Waals surface area contributed by atoms with E-state index in [0.717, 1.165) is 39.1 Å². The fourth-order valence-corrected chi connectivity index (χ4v) is 1.35. The number of nitrogens with zero attached hydrogens (tertiary/aromatic N) is 2. The Labute approximate surface area is 97.3 Å². The summed E-state index contributed by atoms with van der Waals surface area (Å²) in [6.07, 6.45) is 7.64. The summed E-state index contributed by atoms with van der Waals surface area (Å²) in [7, 11) is 0. The Morgan fingerprint density at radius 1 is 1.56 bits per heavy atom. The SMILES string of the molecule is C=Cn1cc(CNCCCOCCC)cn1. The van der Waals surface area contributed by atoms with Crippen molar-refractivity contribution in [3.05, 3.63) is 24.5 Å². The topological polar surface area (TPSA) is 39.1 Å². The minimum absolute atomic E-state index is 0.840. The number of aromatic nitrogens is 2. The quantitative estimate of drug-likeness (QED) is 0.650. The summed E-state index contributed by atoms with van der Waals surface area (Å²) in [5.41, 5.74) is 1.18. The maximum atomic E-state index is 5.39. The molecule has 0 aromatic carbocycles. The van der Waals surface area contributed by atoms with E-state index in [1.807, 2.05) is 12.4 Å². The van der Waals surface area contributed by atoms with Gasteiger partial charge in [-0.15, -0.1) is 0 Å². The monoisotopic (exact) mass is 223 g/mol.